The third kappa shape index (κ3) is 6.35. The number of carbonyl (C=O) groups excluding carboxylic acids is 1. The minimum atomic E-state index is -0.177. The molecule has 0 radical (unpaired) electrons. The molecule has 0 aliphatic heterocycles. The van der Waals surface area contributed by atoms with Crippen molar-refractivity contribution in [3.8, 4) is 34.4 Å². The van der Waals surface area contributed by atoms with E-state index in [1.165, 1.54) is 0 Å². The van der Waals surface area contributed by atoms with Crippen LogP contribution in [0.1, 0.15) is 29.8 Å². The first-order chi connectivity index (χ1) is 17.2. The fourth-order valence-electron chi connectivity index (χ4n) is 3.44. The second-order valence-electron chi connectivity index (χ2n) is 7.58. The van der Waals surface area contributed by atoms with Gasteiger partial charge in [-0.15, -0.1) is 0 Å². The van der Waals surface area contributed by atoms with Gasteiger partial charge in [0.2, 0.25) is 0 Å². The van der Waals surface area contributed by atoms with E-state index in [9.17, 15) is 4.79 Å². The first-order valence-electron chi connectivity index (χ1n) is 11.5. The molecular formula is C28H27N3O4. The highest BCUT2D eigenvalue weighted by Crippen LogP contribution is 2.28. The SMILES string of the molecule is CCOc1ccc(CNC(=O)c2cccc(-c3cnc(Oc4ccccc4)nc3)c2)cc1OCC. The van der Waals surface area contributed by atoms with E-state index in [4.69, 9.17) is 14.2 Å². The van der Waals surface area contributed by atoms with Crippen LogP contribution in [0.2, 0.25) is 0 Å². The molecule has 0 spiro atoms. The Morgan fingerprint density at radius 2 is 1.54 bits per heavy atom. The van der Waals surface area contributed by atoms with Crippen LogP contribution in [-0.4, -0.2) is 29.1 Å². The summed E-state index contributed by atoms with van der Waals surface area (Å²) in [5.41, 5.74) is 3.09. The van der Waals surface area contributed by atoms with Gasteiger partial charge in [0.25, 0.3) is 5.91 Å². The van der Waals surface area contributed by atoms with Crippen LogP contribution in [-0.2, 0) is 6.54 Å². The highest BCUT2D eigenvalue weighted by atomic mass is 16.5. The van der Waals surface area contributed by atoms with Crippen LogP contribution < -0.4 is 19.5 Å². The molecule has 7 heteroatoms. The summed E-state index contributed by atoms with van der Waals surface area (Å²) in [6.07, 6.45) is 3.36. The molecule has 3 aromatic carbocycles. The molecule has 178 valence electrons. The normalized spacial score (nSPS) is 10.5. The third-order valence-corrected chi connectivity index (χ3v) is 5.10. The van der Waals surface area contributed by atoms with Crippen molar-refractivity contribution in [1.29, 1.82) is 0 Å². The van der Waals surface area contributed by atoms with Crippen molar-refractivity contribution < 1.29 is 19.0 Å². The van der Waals surface area contributed by atoms with E-state index in [1.807, 2.05) is 80.6 Å². The number of hydrogen-bond donors (Lipinski definition) is 1. The molecule has 0 aliphatic carbocycles. The van der Waals surface area contributed by atoms with Gasteiger partial charge in [0.15, 0.2) is 11.5 Å². The zero-order valence-corrected chi connectivity index (χ0v) is 19.7. The predicted octanol–water partition coefficient (Wildman–Crippen LogP) is 5.66. The summed E-state index contributed by atoms with van der Waals surface area (Å²) < 4.78 is 16.9. The van der Waals surface area contributed by atoms with E-state index in [0.29, 0.717) is 42.6 Å². The van der Waals surface area contributed by atoms with Crippen molar-refractivity contribution in [2.45, 2.75) is 20.4 Å². The molecule has 0 aliphatic rings. The largest absolute Gasteiger partial charge is 0.490 e. The lowest BCUT2D eigenvalue weighted by molar-refractivity contribution is 0.0951. The summed E-state index contributed by atoms with van der Waals surface area (Å²) in [4.78, 5) is 21.4. The van der Waals surface area contributed by atoms with Crippen LogP contribution in [0.25, 0.3) is 11.1 Å². The van der Waals surface area contributed by atoms with Gasteiger partial charge in [-0.1, -0.05) is 36.4 Å². The van der Waals surface area contributed by atoms with E-state index in [-0.39, 0.29) is 11.9 Å². The Bertz CT molecular complexity index is 1260. The summed E-state index contributed by atoms with van der Waals surface area (Å²) in [6.45, 7) is 5.30. The molecule has 35 heavy (non-hydrogen) atoms. The second kappa shape index (κ2) is 11.7. The van der Waals surface area contributed by atoms with Gasteiger partial charge in [-0.3, -0.25) is 4.79 Å². The van der Waals surface area contributed by atoms with Crippen molar-refractivity contribution in [3.05, 3.63) is 96.3 Å². The van der Waals surface area contributed by atoms with Gasteiger partial charge in [-0.2, -0.15) is 0 Å². The molecule has 0 bridgehead atoms. The zero-order chi connectivity index (χ0) is 24.5. The molecule has 0 saturated heterocycles. The van der Waals surface area contributed by atoms with Crippen molar-refractivity contribution in [1.82, 2.24) is 15.3 Å². The lowest BCUT2D eigenvalue weighted by atomic mass is 10.1. The number of amides is 1. The Balaban J connectivity index is 1.41. The summed E-state index contributed by atoms with van der Waals surface area (Å²) in [5, 5.41) is 2.96. The van der Waals surface area contributed by atoms with E-state index < -0.39 is 0 Å². The maximum Gasteiger partial charge on any atom is 0.321 e. The topological polar surface area (TPSA) is 82.6 Å². The summed E-state index contributed by atoms with van der Waals surface area (Å²) in [6, 6.07) is 22.6. The summed E-state index contributed by atoms with van der Waals surface area (Å²) >= 11 is 0. The molecule has 4 aromatic rings. The van der Waals surface area contributed by atoms with Crippen LogP contribution in [0.4, 0.5) is 0 Å². The van der Waals surface area contributed by atoms with Crippen molar-refractivity contribution in [3.63, 3.8) is 0 Å². The third-order valence-electron chi connectivity index (χ3n) is 5.10. The lowest BCUT2D eigenvalue weighted by Gasteiger charge is -2.13. The number of hydrogen-bond acceptors (Lipinski definition) is 6. The monoisotopic (exact) mass is 469 g/mol. The molecule has 4 rings (SSSR count). The average Bonchev–Trinajstić information content (AvgIpc) is 2.90. The fourth-order valence-corrected chi connectivity index (χ4v) is 3.44. The molecule has 1 N–H and O–H groups in total. The minimum absolute atomic E-state index is 0.177. The Hall–Kier alpha value is -4.39. The molecule has 0 saturated carbocycles. The summed E-state index contributed by atoms with van der Waals surface area (Å²) in [5.74, 6) is 1.85. The Morgan fingerprint density at radius 1 is 0.800 bits per heavy atom. The van der Waals surface area contributed by atoms with Gasteiger partial charge in [-0.05, 0) is 61.4 Å². The molecule has 1 amide bonds. The smallest absolute Gasteiger partial charge is 0.321 e. The quantitative estimate of drug-likeness (QED) is 0.323. The molecule has 7 nitrogen and oxygen atoms in total. The van der Waals surface area contributed by atoms with Gasteiger partial charge in [0.05, 0.1) is 13.2 Å². The zero-order valence-electron chi connectivity index (χ0n) is 19.7. The number of para-hydroxylation sites is 1. The first-order valence-corrected chi connectivity index (χ1v) is 11.5. The molecule has 1 heterocycles. The number of rotatable bonds is 10. The molecule has 0 fully saturated rings. The minimum Gasteiger partial charge on any atom is -0.490 e. The maximum atomic E-state index is 12.8. The second-order valence-corrected chi connectivity index (χ2v) is 7.58. The number of benzene rings is 3. The lowest BCUT2D eigenvalue weighted by Crippen LogP contribution is -2.22. The van der Waals surface area contributed by atoms with E-state index in [2.05, 4.69) is 15.3 Å². The van der Waals surface area contributed by atoms with Gasteiger partial charge in [0.1, 0.15) is 5.75 Å². The molecular weight excluding hydrogens is 442 g/mol. The van der Waals surface area contributed by atoms with Gasteiger partial charge in [-0.25, -0.2) is 9.97 Å². The number of aromatic nitrogens is 2. The van der Waals surface area contributed by atoms with Gasteiger partial charge in [0, 0.05) is 30.1 Å². The average molecular weight is 470 g/mol. The van der Waals surface area contributed by atoms with Crippen LogP contribution in [0, 0.1) is 0 Å². The first kappa shape index (κ1) is 23.8. The molecule has 1 aromatic heterocycles. The fraction of sp³-hybridized carbons (Fsp3) is 0.179. The molecule has 0 unspecified atom stereocenters. The summed E-state index contributed by atoms with van der Waals surface area (Å²) in [7, 11) is 0. The van der Waals surface area contributed by atoms with Crippen LogP contribution in [0.15, 0.2) is 85.2 Å². The number of ether oxygens (including phenoxy) is 3. The number of nitrogens with one attached hydrogen (secondary N) is 1. The van der Waals surface area contributed by atoms with E-state index in [0.717, 1.165) is 16.7 Å². The van der Waals surface area contributed by atoms with Crippen molar-refractivity contribution in [2.24, 2.45) is 0 Å². The standard InChI is InChI=1S/C28H27N3O4/c1-3-33-25-14-13-20(15-26(25)34-4-2)17-29-27(32)22-10-8-9-21(16-22)23-18-30-28(31-19-23)35-24-11-6-5-7-12-24/h5-16,18-19H,3-4,17H2,1-2H3,(H,29,32). The maximum absolute atomic E-state index is 12.8. The van der Waals surface area contributed by atoms with Gasteiger partial charge >= 0.3 is 6.01 Å². The number of carbonyl (C=O) groups is 1. The Kier molecular flexibility index (Phi) is 7.91. The number of nitrogens with zero attached hydrogens (tertiary/aromatic N) is 2. The highest BCUT2D eigenvalue weighted by molar-refractivity contribution is 5.95. The Morgan fingerprint density at radius 3 is 2.29 bits per heavy atom. The molecule has 0 atom stereocenters. The Labute approximate surface area is 204 Å². The predicted molar refractivity (Wildman–Crippen MR) is 134 cm³/mol. The van der Waals surface area contributed by atoms with E-state index in [1.54, 1.807) is 18.5 Å². The van der Waals surface area contributed by atoms with Crippen LogP contribution >= 0.6 is 0 Å². The van der Waals surface area contributed by atoms with Crippen LogP contribution in [0.3, 0.4) is 0 Å². The van der Waals surface area contributed by atoms with Crippen molar-refractivity contribution >= 4 is 5.91 Å². The van der Waals surface area contributed by atoms with Crippen LogP contribution in [0.5, 0.6) is 23.3 Å². The van der Waals surface area contributed by atoms with Crippen molar-refractivity contribution in [2.75, 3.05) is 13.2 Å². The van der Waals surface area contributed by atoms with Gasteiger partial charge < -0.3 is 19.5 Å². The van der Waals surface area contributed by atoms with E-state index >= 15 is 0 Å². The highest BCUT2D eigenvalue weighted by Gasteiger charge is 2.10.